The van der Waals surface area contributed by atoms with Crippen molar-refractivity contribution in [3.8, 4) is 0 Å². The number of halogens is 1. The lowest BCUT2D eigenvalue weighted by molar-refractivity contribution is -0.123. The lowest BCUT2D eigenvalue weighted by atomic mass is 10.2. The smallest absolute Gasteiger partial charge is 0.355 e. The van der Waals surface area contributed by atoms with E-state index in [9.17, 15) is 14.0 Å². The number of para-hydroxylation sites is 1. The van der Waals surface area contributed by atoms with Crippen LogP contribution in [0.25, 0.3) is 10.9 Å². The predicted molar refractivity (Wildman–Crippen MR) is 92.9 cm³/mol. The van der Waals surface area contributed by atoms with E-state index < -0.39 is 23.8 Å². The predicted octanol–water partition coefficient (Wildman–Crippen LogP) is 3.80. The molecular formula is C19H17FN2O3. The van der Waals surface area contributed by atoms with Crippen LogP contribution in [0.2, 0.25) is 0 Å². The molecule has 0 aliphatic rings. The third-order valence-corrected chi connectivity index (χ3v) is 3.84. The Labute approximate surface area is 143 Å². The van der Waals surface area contributed by atoms with Crippen molar-refractivity contribution in [2.24, 2.45) is 0 Å². The summed E-state index contributed by atoms with van der Waals surface area (Å²) in [6, 6.07) is 13.5. The van der Waals surface area contributed by atoms with E-state index in [-0.39, 0.29) is 5.69 Å². The van der Waals surface area contributed by atoms with Crippen molar-refractivity contribution in [1.82, 2.24) is 4.98 Å². The molecule has 2 aromatic carbocycles. The molecule has 0 bridgehead atoms. The molecule has 25 heavy (non-hydrogen) atoms. The molecule has 1 atom stereocenters. The van der Waals surface area contributed by atoms with Crippen molar-refractivity contribution in [3.05, 3.63) is 65.6 Å². The van der Waals surface area contributed by atoms with E-state index in [1.807, 2.05) is 24.3 Å². The number of carbonyl (C=O) groups is 2. The van der Waals surface area contributed by atoms with Crippen LogP contribution < -0.4 is 5.32 Å². The number of ether oxygens (including phenoxy) is 1. The second-order valence-electron chi connectivity index (χ2n) is 5.77. The number of benzene rings is 2. The van der Waals surface area contributed by atoms with Gasteiger partial charge in [-0.05, 0) is 43.7 Å². The molecule has 0 saturated heterocycles. The molecule has 0 unspecified atom stereocenters. The molecule has 0 fully saturated rings. The van der Waals surface area contributed by atoms with Crippen LogP contribution in [0.1, 0.15) is 23.0 Å². The summed E-state index contributed by atoms with van der Waals surface area (Å²) in [7, 11) is 0. The second kappa shape index (κ2) is 6.76. The number of hydrogen-bond donors (Lipinski definition) is 2. The highest BCUT2D eigenvalue weighted by Crippen LogP contribution is 2.17. The van der Waals surface area contributed by atoms with Crippen LogP contribution in [-0.4, -0.2) is 23.0 Å². The summed E-state index contributed by atoms with van der Waals surface area (Å²) in [6.45, 7) is 3.09. The first kappa shape index (κ1) is 16.7. The van der Waals surface area contributed by atoms with Gasteiger partial charge in [0.05, 0.1) is 0 Å². The Bertz CT molecular complexity index is 916. The highest BCUT2D eigenvalue weighted by Gasteiger charge is 2.20. The molecule has 0 saturated carbocycles. The molecule has 0 spiro atoms. The van der Waals surface area contributed by atoms with Crippen LogP contribution >= 0.6 is 0 Å². The number of rotatable bonds is 4. The van der Waals surface area contributed by atoms with Gasteiger partial charge in [-0.1, -0.05) is 24.3 Å². The van der Waals surface area contributed by atoms with Crippen molar-refractivity contribution in [2.75, 3.05) is 5.32 Å². The van der Waals surface area contributed by atoms with Crippen molar-refractivity contribution in [3.63, 3.8) is 0 Å². The maximum absolute atomic E-state index is 13.5. The number of H-pyrrole nitrogens is 1. The van der Waals surface area contributed by atoms with Gasteiger partial charge < -0.3 is 15.0 Å². The van der Waals surface area contributed by atoms with Gasteiger partial charge >= 0.3 is 5.97 Å². The summed E-state index contributed by atoms with van der Waals surface area (Å²) in [5.41, 5.74) is 1.86. The zero-order chi connectivity index (χ0) is 18.0. The molecule has 0 radical (unpaired) electrons. The second-order valence-corrected chi connectivity index (χ2v) is 5.77. The van der Waals surface area contributed by atoms with Gasteiger partial charge in [0.15, 0.2) is 6.10 Å². The van der Waals surface area contributed by atoms with Gasteiger partial charge in [-0.15, -0.1) is 0 Å². The number of hydrogen-bond acceptors (Lipinski definition) is 3. The molecule has 1 amide bonds. The summed E-state index contributed by atoms with van der Waals surface area (Å²) in [4.78, 5) is 27.3. The Balaban J connectivity index is 1.65. The molecular weight excluding hydrogens is 323 g/mol. The molecule has 128 valence electrons. The van der Waals surface area contributed by atoms with E-state index in [1.54, 1.807) is 25.1 Å². The molecule has 0 aliphatic heterocycles. The maximum atomic E-state index is 13.5. The van der Waals surface area contributed by atoms with Crippen molar-refractivity contribution >= 4 is 28.5 Å². The van der Waals surface area contributed by atoms with Crippen LogP contribution in [0.4, 0.5) is 10.1 Å². The molecule has 1 aromatic heterocycles. The zero-order valence-electron chi connectivity index (χ0n) is 13.8. The largest absolute Gasteiger partial charge is 0.448 e. The van der Waals surface area contributed by atoms with Gasteiger partial charge in [0.2, 0.25) is 0 Å². The Morgan fingerprint density at radius 3 is 2.64 bits per heavy atom. The molecule has 6 heteroatoms. The van der Waals surface area contributed by atoms with Crippen molar-refractivity contribution < 1.29 is 18.7 Å². The van der Waals surface area contributed by atoms with E-state index in [2.05, 4.69) is 10.3 Å². The molecule has 2 N–H and O–H groups in total. The Morgan fingerprint density at radius 1 is 1.16 bits per heavy atom. The van der Waals surface area contributed by atoms with E-state index in [0.29, 0.717) is 11.3 Å². The highest BCUT2D eigenvalue weighted by molar-refractivity contribution is 5.98. The van der Waals surface area contributed by atoms with Crippen molar-refractivity contribution in [2.45, 2.75) is 20.0 Å². The quantitative estimate of drug-likeness (QED) is 0.710. The van der Waals surface area contributed by atoms with E-state index in [4.69, 9.17) is 4.74 Å². The fourth-order valence-electron chi connectivity index (χ4n) is 2.38. The SMILES string of the molecule is Cc1ccc(NC(=O)[C@H](C)OC(=O)c2cc3ccccc3[nH]2)cc1F. The zero-order valence-corrected chi connectivity index (χ0v) is 13.8. The minimum Gasteiger partial charge on any atom is -0.448 e. The summed E-state index contributed by atoms with van der Waals surface area (Å²) < 4.78 is 18.7. The van der Waals surface area contributed by atoms with Crippen LogP contribution in [-0.2, 0) is 9.53 Å². The first-order chi connectivity index (χ1) is 11.9. The number of aryl methyl sites for hydroxylation is 1. The molecule has 3 aromatic rings. The fraction of sp³-hybridized carbons (Fsp3) is 0.158. The van der Waals surface area contributed by atoms with E-state index in [1.165, 1.54) is 13.0 Å². The summed E-state index contributed by atoms with van der Waals surface area (Å²) in [5.74, 6) is -1.58. The van der Waals surface area contributed by atoms with Crippen LogP contribution in [0.15, 0.2) is 48.5 Å². The topological polar surface area (TPSA) is 71.2 Å². The minimum absolute atomic E-state index is 0.266. The number of carbonyl (C=O) groups excluding carboxylic acids is 2. The first-order valence-corrected chi connectivity index (χ1v) is 7.80. The van der Waals surface area contributed by atoms with Gasteiger partial charge in [0, 0.05) is 16.6 Å². The van der Waals surface area contributed by atoms with Gasteiger partial charge in [-0.3, -0.25) is 4.79 Å². The van der Waals surface area contributed by atoms with Crippen LogP contribution in [0, 0.1) is 12.7 Å². The van der Waals surface area contributed by atoms with Gasteiger partial charge in [0.1, 0.15) is 11.5 Å². The van der Waals surface area contributed by atoms with Gasteiger partial charge in [0.25, 0.3) is 5.91 Å². The maximum Gasteiger partial charge on any atom is 0.355 e. The summed E-state index contributed by atoms with van der Waals surface area (Å²) >= 11 is 0. The lowest BCUT2D eigenvalue weighted by Crippen LogP contribution is -2.30. The number of esters is 1. The highest BCUT2D eigenvalue weighted by atomic mass is 19.1. The van der Waals surface area contributed by atoms with E-state index >= 15 is 0 Å². The van der Waals surface area contributed by atoms with Crippen LogP contribution in [0.3, 0.4) is 0 Å². The molecule has 0 aliphatic carbocycles. The number of nitrogens with one attached hydrogen (secondary N) is 2. The minimum atomic E-state index is -1.02. The monoisotopic (exact) mass is 340 g/mol. The number of amides is 1. The fourth-order valence-corrected chi connectivity index (χ4v) is 2.38. The van der Waals surface area contributed by atoms with E-state index in [0.717, 1.165) is 10.9 Å². The average Bonchev–Trinajstić information content (AvgIpc) is 3.02. The first-order valence-electron chi connectivity index (χ1n) is 7.80. The number of anilines is 1. The Kier molecular flexibility index (Phi) is 4.52. The normalized spacial score (nSPS) is 12.0. The van der Waals surface area contributed by atoms with Crippen molar-refractivity contribution in [1.29, 1.82) is 0 Å². The van der Waals surface area contributed by atoms with Gasteiger partial charge in [-0.2, -0.15) is 0 Å². The Morgan fingerprint density at radius 2 is 1.92 bits per heavy atom. The van der Waals surface area contributed by atoms with Gasteiger partial charge in [-0.25, -0.2) is 9.18 Å². The summed E-state index contributed by atoms with van der Waals surface area (Å²) in [6.07, 6.45) is -1.02. The molecule has 5 nitrogen and oxygen atoms in total. The molecule has 3 rings (SSSR count). The number of aromatic amines is 1. The number of aromatic nitrogens is 1. The third kappa shape index (κ3) is 3.68. The molecule has 1 heterocycles. The Hall–Kier alpha value is -3.15. The average molecular weight is 340 g/mol. The van der Waals surface area contributed by atoms with Crippen LogP contribution in [0.5, 0.6) is 0 Å². The standard InChI is InChI=1S/C19H17FN2O3/c1-11-7-8-14(10-15(11)20)21-18(23)12(2)25-19(24)17-9-13-5-3-4-6-16(13)22-17/h3-10,12,22H,1-2H3,(H,21,23)/t12-/m0/s1. The summed E-state index contributed by atoms with van der Waals surface area (Å²) in [5, 5.41) is 3.40. The third-order valence-electron chi connectivity index (χ3n) is 3.84. The lowest BCUT2D eigenvalue weighted by Gasteiger charge is -2.13. The number of fused-ring (bicyclic) bond motifs is 1.